The average molecular weight is 326 g/mol. The lowest BCUT2D eigenvalue weighted by Crippen LogP contribution is -2.50. The molecule has 0 saturated heterocycles. The number of hydrogen-bond donors (Lipinski definition) is 2. The zero-order chi connectivity index (χ0) is 17.1. The highest BCUT2D eigenvalue weighted by molar-refractivity contribution is 5.84. The molecule has 6 nitrogen and oxygen atoms in total. The second-order valence-electron chi connectivity index (χ2n) is 6.43. The number of ether oxygens (including phenoxy) is 1. The Morgan fingerprint density at radius 3 is 2.43 bits per heavy atom. The highest BCUT2D eigenvalue weighted by Gasteiger charge is 2.32. The quantitative estimate of drug-likeness (QED) is 0.527. The molecule has 0 aliphatic heterocycles. The van der Waals surface area contributed by atoms with Crippen molar-refractivity contribution in [2.75, 3.05) is 40.3 Å². The zero-order valence-electron chi connectivity index (χ0n) is 15.3. The molecule has 0 atom stereocenters. The second kappa shape index (κ2) is 10.5. The molecule has 0 unspecified atom stereocenters. The predicted octanol–water partition coefficient (Wildman–Crippen LogP) is 1.76. The Morgan fingerprint density at radius 1 is 1.17 bits per heavy atom. The molecule has 6 heteroatoms. The van der Waals surface area contributed by atoms with Gasteiger partial charge in [-0.3, -0.25) is 4.79 Å². The van der Waals surface area contributed by atoms with E-state index in [1.807, 2.05) is 6.92 Å². The third kappa shape index (κ3) is 7.20. The summed E-state index contributed by atoms with van der Waals surface area (Å²) in [5.41, 5.74) is -0.0873. The van der Waals surface area contributed by atoms with Crippen LogP contribution in [0, 0.1) is 0 Å². The van der Waals surface area contributed by atoms with Crippen LogP contribution in [0.4, 0.5) is 0 Å². The minimum atomic E-state index is -0.0873. The summed E-state index contributed by atoms with van der Waals surface area (Å²) in [6.45, 7) is 6.64. The summed E-state index contributed by atoms with van der Waals surface area (Å²) in [4.78, 5) is 17.6. The molecule has 1 rings (SSSR count). The van der Waals surface area contributed by atoms with E-state index < -0.39 is 0 Å². The number of carbonyl (C=O) groups is 1. The molecule has 0 radical (unpaired) electrons. The summed E-state index contributed by atoms with van der Waals surface area (Å²) in [6, 6.07) is 0. The number of carbonyl (C=O) groups excluding carboxylic acids is 1. The van der Waals surface area contributed by atoms with E-state index in [-0.39, 0.29) is 18.1 Å². The molecule has 23 heavy (non-hydrogen) atoms. The number of hydrogen-bond acceptors (Lipinski definition) is 3. The van der Waals surface area contributed by atoms with Gasteiger partial charge in [0.25, 0.3) is 0 Å². The Hall–Kier alpha value is -1.30. The van der Waals surface area contributed by atoms with Gasteiger partial charge >= 0.3 is 0 Å². The van der Waals surface area contributed by atoms with E-state index in [4.69, 9.17) is 4.74 Å². The summed E-state index contributed by atoms with van der Waals surface area (Å²) in [6.07, 6.45) is 6.96. The van der Waals surface area contributed by atoms with Gasteiger partial charge in [-0.25, -0.2) is 4.99 Å². The first-order chi connectivity index (χ1) is 11.0. The molecule has 1 fully saturated rings. The summed E-state index contributed by atoms with van der Waals surface area (Å²) in [5.74, 6) is 0.685. The maximum absolute atomic E-state index is 11.7. The number of nitrogens with zero attached hydrogens (tertiary/aromatic N) is 2. The lowest BCUT2D eigenvalue weighted by molar-refractivity contribution is -0.127. The maximum atomic E-state index is 11.7. The first-order valence-electron chi connectivity index (χ1n) is 8.89. The first-order valence-corrected chi connectivity index (χ1v) is 8.89. The van der Waals surface area contributed by atoms with E-state index in [2.05, 4.69) is 22.5 Å². The Balaban J connectivity index is 2.62. The fourth-order valence-corrected chi connectivity index (χ4v) is 2.76. The lowest BCUT2D eigenvalue weighted by Gasteiger charge is -2.37. The van der Waals surface area contributed by atoms with Crippen LogP contribution in [0.5, 0.6) is 0 Å². The lowest BCUT2D eigenvalue weighted by atomic mass is 9.84. The summed E-state index contributed by atoms with van der Waals surface area (Å²) in [7, 11) is 3.49. The molecule has 0 aromatic carbocycles. The van der Waals surface area contributed by atoms with Gasteiger partial charge in [0, 0.05) is 33.8 Å². The van der Waals surface area contributed by atoms with Gasteiger partial charge in [0.2, 0.25) is 5.91 Å². The van der Waals surface area contributed by atoms with Gasteiger partial charge in [0.15, 0.2) is 5.96 Å². The van der Waals surface area contributed by atoms with E-state index in [9.17, 15) is 4.79 Å². The number of likely N-dealkylation sites (N-methyl/N-ethyl adjacent to an activating group) is 1. The van der Waals surface area contributed by atoms with Crippen molar-refractivity contribution in [3.8, 4) is 0 Å². The Labute approximate surface area is 141 Å². The van der Waals surface area contributed by atoms with Crippen LogP contribution in [0.25, 0.3) is 0 Å². The van der Waals surface area contributed by atoms with Gasteiger partial charge in [-0.1, -0.05) is 26.2 Å². The van der Waals surface area contributed by atoms with Crippen LogP contribution in [-0.2, 0) is 9.53 Å². The van der Waals surface area contributed by atoms with E-state index >= 15 is 0 Å². The minimum absolute atomic E-state index is 0.00295. The van der Waals surface area contributed by atoms with Crippen molar-refractivity contribution in [1.29, 1.82) is 0 Å². The van der Waals surface area contributed by atoms with Gasteiger partial charge in [0.05, 0.1) is 5.60 Å². The smallest absolute Gasteiger partial charge is 0.243 e. The Kier molecular flexibility index (Phi) is 8.99. The first kappa shape index (κ1) is 19.7. The summed E-state index contributed by atoms with van der Waals surface area (Å²) < 4.78 is 6.19. The molecule has 1 amide bonds. The molecule has 1 aliphatic carbocycles. The molecule has 0 aromatic rings. The molecule has 0 aromatic heterocycles. The van der Waals surface area contributed by atoms with E-state index in [0.29, 0.717) is 5.96 Å². The Bertz CT molecular complexity index is 377. The molecule has 2 N–H and O–H groups in total. The van der Waals surface area contributed by atoms with Crippen LogP contribution in [0.2, 0.25) is 0 Å². The number of rotatable bonds is 8. The normalized spacial score (nSPS) is 17.7. The van der Waals surface area contributed by atoms with Crippen LogP contribution < -0.4 is 10.6 Å². The third-order valence-corrected chi connectivity index (χ3v) is 4.17. The van der Waals surface area contributed by atoms with Crippen molar-refractivity contribution in [3.05, 3.63) is 0 Å². The van der Waals surface area contributed by atoms with Crippen molar-refractivity contribution in [2.45, 2.75) is 58.0 Å². The molecular formula is C17H34N4O2. The van der Waals surface area contributed by atoms with Gasteiger partial charge in [-0.2, -0.15) is 0 Å². The largest absolute Gasteiger partial charge is 0.373 e. The highest BCUT2D eigenvalue weighted by Crippen LogP contribution is 2.31. The van der Waals surface area contributed by atoms with E-state index in [1.165, 1.54) is 19.3 Å². The second-order valence-corrected chi connectivity index (χ2v) is 6.43. The molecule has 134 valence electrons. The van der Waals surface area contributed by atoms with Gasteiger partial charge in [0.1, 0.15) is 6.54 Å². The van der Waals surface area contributed by atoms with Crippen molar-refractivity contribution in [2.24, 2.45) is 4.99 Å². The Morgan fingerprint density at radius 2 is 1.87 bits per heavy atom. The van der Waals surface area contributed by atoms with Crippen LogP contribution in [0.1, 0.15) is 52.4 Å². The van der Waals surface area contributed by atoms with Gasteiger partial charge in [-0.15, -0.1) is 0 Å². The van der Waals surface area contributed by atoms with E-state index in [1.54, 1.807) is 19.0 Å². The van der Waals surface area contributed by atoms with Crippen molar-refractivity contribution < 1.29 is 9.53 Å². The van der Waals surface area contributed by atoms with Crippen LogP contribution in [-0.4, -0.2) is 62.7 Å². The number of aliphatic imine (C=N–C) groups is 1. The minimum Gasteiger partial charge on any atom is -0.373 e. The summed E-state index contributed by atoms with van der Waals surface area (Å²) >= 11 is 0. The molecule has 0 heterocycles. The third-order valence-electron chi connectivity index (χ3n) is 4.17. The molecule has 0 bridgehead atoms. The van der Waals surface area contributed by atoms with Crippen LogP contribution >= 0.6 is 0 Å². The van der Waals surface area contributed by atoms with Gasteiger partial charge in [-0.05, 0) is 26.2 Å². The number of guanidine groups is 1. The highest BCUT2D eigenvalue weighted by atomic mass is 16.5. The van der Waals surface area contributed by atoms with Crippen molar-refractivity contribution >= 4 is 11.9 Å². The summed E-state index contributed by atoms with van der Waals surface area (Å²) in [5, 5.41) is 6.58. The number of nitrogens with one attached hydrogen (secondary N) is 2. The topological polar surface area (TPSA) is 66.0 Å². The standard InChI is InChI=1S/C17H34N4O2/c1-5-12-23-17(10-8-7-9-11-17)14-20-16(18-6-2)19-13-15(22)21(3)4/h5-14H2,1-4H3,(H2,18,19,20). The van der Waals surface area contributed by atoms with Gasteiger partial charge < -0.3 is 20.3 Å². The van der Waals surface area contributed by atoms with E-state index in [0.717, 1.165) is 39.0 Å². The van der Waals surface area contributed by atoms with Crippen LogP contribution in [0.3, 0.4) is 0 Å². The van der Waals surface area contributed by atoms with Crippen molar-refractivity contribution in [1.82, 2.24) is 15.5 Å². The molecule has 1 saturated carbocycles. The average Bonchev–Trinajstić information content (AvgIpc) is 2.56. The van der Waals surface area contributed by atoms with Crippen molar-refractivity contribution in [3.63, 3.8) is 0 Å². The number of amides is 1. The zero-order valence-corrected chi connectivity index (χ0v) is 15.3. The fourth-order valence-electron chi connectivity index (χ4n) is 2.76. The predicted molar refractivity (Wildman–Crippen MR) is 94.7 cm³/mol. The van der Waals surface area contributed by atoms with Crippen LogP contribution in [0.15, 0.2) is 4.99 Å². The SMILES string of the molecule is CCCOC1(CNC(=NCC(=O)N(C)C)NCC)CCCCC1. The fraction of sp³-hybridized carbons (Fsp3) is 0.882. The monoisotopic (exact) mass is 326 g/mol. The molecule has 1 aliphatic rings. The molecule has 0 spiro atoms. The molecular weight excluding hydrogens is 292 g/mol. The maximum Gasteiger partial charge on any atom is 0.243 e.